The summed E-state index contributed by atoms with van der Waals surface area (Å²) in [5.41, 5.74) is 8.19. The molecule has 18 heavy (non-hydrogen) atoms. The summed E-state index contributed by atoms with van der Waals surface area (Å²) in [7, 11) is 0. The Balaban J connectivity index is 2.10. The second-order valence-corrected chi connectivity index (χ2v) is 4.43. The SMILES string of the molecule is CC(C)c1ccc(NC(=O)c2[nH]ncc2N)cc1. The fourth-order valence-electron chi connectivity index (χ4n) is 1.62. The lowest BCUT2D eigenvalue weighted by Crippen LogP contribution is -2.14. The molecule has 1 heterocycles. The number of nitrogen functional groups attached to an aromatic ring is 1. The molecule has 0 fully saturated rings. The minimum Gasteiger partial charge on any atom is -0.396 e. The molecule has 0 spiro atoms. The molecule has 2 rings (SSSR count). The van der Waals surface area contributed by atoms with Crippen molar-refractivity contribution in [3.63, 3.8) is 0 Å². The van der Waals surface area contributed by atoms with Gasteiger partial charge in [0.2, 0.25) is 0 Å². The molecule has 0 unspecified atom stereocenters. The monoisotopic (exact) mass is 244 g/mol. The Labute approximate surface area is 105 Å². The quantitative estimate of drug-likeness (QED) is 0.775. The van der Waals surface area contributed by atoms with Gasteiger partial charge in [0.1, 0.15) is 5.69 Å². The number of benzene rings is 1. The molecule has 94 valence electrons. The van der Waals surface area contributed by atoms with E-state index in [4.69, 9.17) is 5.73 Å². The van der Waals surface area contributed by atoms with Crippen LogP contribution in [-0.2, 0) is 0 Å². The number of hydrogen-bond acceptors (Lipinski definition) is 3. The zero-order valence-corrected chi connectivity index (χ0v) is 10.4. The van der Waals surface area contributed by atoms with E-state index in [0.29, 0.717) is 11.6 Å². The summed E-state index contributed by atoms with van der Waals surface area (Å²) in [6.07, 6.45) is 1.41. The normalized spacial score (nSPS) is 10.6. The predicted octanol–water partition coefficient (Wildman–Crippen LogP) is 2.37. The third-order valence-corrected chi connectivity index (χ3v) is 2.73. The van der Waals surface area contributed by atoms with Crippen molar-refractivity contribution in [1.82, 2.24) is 10.2 Å². The minimum absolute atomic E-state index is 0.280. The molecule has 1 aromatic carbocycles. The van der Waals surface area contributed by atoms with Gasteiger partial charge >= 0.3 is 0 Å². The number of carbonyl (C=O) groups excluding carboxylic acids is 1. The molecule has 0 bridgehead atoms. The second kappa shape index (κ2) is 4.91. The summed E-state index contributed by atoms with van der Waals surface area (Å²) in [6, 6.07) is 7.74. The fourth-order valence-corrected chi connectivity index (χ4v) is 1.62. The van der Waals surface area contributed by atoms with E-state index in [2.05, 4.69) is 29.4 Å². The van der Waals surface area contributed by atoms with Crippen LogP contribution in [0.1, 0.15) is 35.8 Å². The van der Waals surface area contributed by atoms with Crippen LogP contribution >= 0.6 is 0 Å². The lowest BCUT2D eigenvalue weighted by Gasteiger charge is -2.08. The first-order valence-corrected chi connectivity index (χ1v) is 5.78. The van der Waals surface area contributed by atoms with Gasteiger partial charge in [0, 0.05) is 5.69 Å². The Kier molecular flexibility index (Phi) is 3.32. The molecule has 0 aliphatic carbocycles. The highest BCUT2D eigenvalue weighted by Crippen LogP contribution is 2.18. The van der Waals surface area contributed by atoms with Gasteiger partial charge in [-0.15, -0.1) is 0 Å². The van der Waals surface area contributed by atoms with E-state index in [0.717, 1.165) is 5.69 Å². The van der Waals surface area contributed by atoms with E-state index in [1.165, 1.54) is 11.8 Å². The van der Waals surface area contributed by atoms with Crippen molar-refractivity contribution in [2.24, 2.45) is 0 Å². The van der Waals surface area contributed by atoms with Crippen molar-refractivity contribution in [2.75, 3.05) is 11.1 Å². The summed E-state index contributed by atoms with van der Waals surface area (Å²) < 4.78 is 0. The topological polar surface area (TPSA) is 83.8 Å². The molecule has 5 heteroatoms. The molecule has 0 radical (unpaired) electrons. The van der Waals surface area contributed by atoms with Crippen LogP contribution in [0.3, 0.4) is 0 Å². The van der Waals surface area contributed by atoms with E-state index >= 15 is 0 Å². The number of nitrogens with one attached hydrogen (secondary N) is 2. The maximum atomic E-state index is 11.9. The van der Waals surface area contributed by atoms with E-state index in [1.54, 1.807) is 0 Å². The lowest BCUT2D eigenvalue weighted by molar-refractivity contribution is 0.102. The number of nitrogens with two attached hydrogens (primary N) is 1. The zero-order chi connectivity index (χ0) is 13.1. The average Bonchev–Trinajstić information content (AvgIpc) is 2.76. The summed E-state index contributed by atoms with van der Waals surface area (Å²) in [5, 5.41) is 9.04. The molecule has 1 aromatic heterocycles. The molecular weight excluding hydrogens is 228 g/mol. The lowest BCUT2D eigenvalue weighted by atomic mass is 10.0. The number of amides is 1. The zero-order valence-electron chi connectivity index (χ0n) is 10.4. The Morgan fingerprint density at radius 3 is 2.50 bits per heavy atom. The largest absolute Gasteiger partial charge is 0.396 e. The van der Waals surface area contributed by atoms with E-state index in [9.17, 15) is 4.79 Å². The van der Waals surface area contributed by atoms with Crippen molar-refractivity contribution >= 4 is 17.3 Å². The highest BCUT2D eigenvalue weighted by molar-refractivity contribution is 6.06. The van der Waals surface area contributed by atoms with Gasteiger partial charge in [-0.05, 0) is 23.6 Å². The van der Waals surface area contributed by atoms with Crippen molar-refractivity contribution in [1.29, 1.82) is 0 Å². The molecule has 0 saturated carbocycles. The van der Waals surface area contributed by atoms with Gasteiger partial charge in [0.05, 0.1) is 11.9 Å². The summed E-state index contributed by atoms with van der Waals surface area (Å²) in [4.78, 5) is 11.9. The maximum Gasteiger partial charge on any atom is 0.275 e. The van der Waals surface area contributed by atoms with Crippen molar-refractivity contribution in [3.05, 3.63) is 41.7 Å². The van der Waals surface area contributed by atoms with Crippen LogP contribution in [0.25, 0.3) is 0 Å². The number of carbonyl (C=O) groups is 1. The number of nitrogens with zero attached hydrogens (tertiary/aromatic N) is 1. The maximum absolute atomic E-state index is 11.9. The number of aromatic amines is 1. The molecular formula is C13H16N4O. The van der Waals surface area contributed by atoms with Crippen molar-refractivity contribution in [2.45, 2.75) is 19.8 Å². The first-order chi connectivity index (χ1) is 8.58. The average molecular weight is 244 g/mol. The van der Waals surface area contributed by atoms with E-state index < -0.39 is 0 Å². The van der Waals surface area contributed by atoms with Crippen molar-refractivity contribution in [3.8, 4) is 0 Å². The van der Waals surface area contributed by atoms with E-state index in [1.807, 2.05) is 24.3 Å². The van der Waals surface area contributed by atoms with Crippen LogP contribution in [0, 0.1) is 0 Å². The van der Waals surface area contributed by atoms with Gasteiger partial charge in [-0.3, -0.25) is 9.89 Å². The first kappa shape index (κ1) is 12.2. The molecule has 0 atom stereocenters. The third-order valence-electron chi connectivity index (χ3n) is 2.73. The minimum atomic E-state index is -0.290. The summed E-state index contributed by atoms with van der Waals surface area (Å²) in [5.74, 6) is 0.181. The van der Waals surface area contributed by atoms with Gasteiger partial charge in [0.25, 0.3) is 5.91 Å². The Morgan fingerprint density at radius 1 is 1.33 bits per heavy atom. The number of aromatic nitrogens is 2. The Bertz CT molecular complexity index is 542. The van der Waals surface area contributed by atoms with Gasteiger partial charge in [0.15, 0.2) is 0 Å². The molecule has 0 aliphatic heterocycles. The molecule has 2 aromatic rings. The van der Waals surface area contributed by atoms with Crippen LogP contribution in [0.2, 0.25) is 0 Å². The number of anilines is 2. The summed E-state index contributed by atoms with van der Waals surface area (Å²) >= 11 is 0. The first-order valence-electron chi connectivity index (χ1n) is 5.78. The van der Waals surface area contributed by atoms with Gasteiger partial charge in [-0.2, -0.15) is 5.10 Å². The number of rotatable bonds is 3. The molecule has 0 aliphatic rings. The van der Waals surface area contributed by atoms with Gasteiger partial charge in [-0.25, -0.2) is 0 Å². The fraction of sp³-hybridized carbons (Fsp3) is 0.231. The Hall–Kier alpha value is -2.30. The molecule has 0 saturated heterocycles. The van der Waals surface area contributed by atoms with Crippen LogP contribution in [-0.4, -0.2) is 16.1 Å². The van der Waals surface area contributed by atoms with Crippen LogP contribution in [0.5, 0.6) is 0 Å². The van der Waals surface area contributed by atoms with Crippen LogP contribution < -0.4 is 11.1 Å². The number of H-pyrrole nitrogens is 1. The summed E-state index contributed by atoms with van der Waals surface area (Å²) in [6.45, 7) is 4.25. The van der Waals surface area contributed by atoms with Crippen LogP contribution in [0.15, 0.2) is 30.5 Å². The third kappa shape index (κ3) is 2.51. The van der Waals surface area contributed by atoms with Crippen molar-refractivity contribution < 1.29 is 4.79 Å². The predicted molar refractivity (Wildman–Crippen MR) is 71.5 cm³/mol. The molecule has 4 N–H and O–H groups in total. The van der Waals surface area contributed by atoms with E-state index in [-0.39, 0.29) is 11.6 Å². The highest BCUT2D eigenvalue weighted by atomic mass is 16.1. The van der Waals surface area contributed by atoms with Gasteiger partial charge in [-0.1, -0.05) is 26.0 Å². The standard InChI is InChI=1S/C13H16N4O/c1-8(2)9-3-5-10(6-4-9)16-13(18)12-11(14)7-15-17-12/h3-8H,14H2,1-2H3,(H,15,17)(H,16,18). The smallest absolute Gasteiger partial charge is 0.275 e. The Morgan fingerprint density at radius 2 is 2.00 bits per heavy atom. The molecule has 5 nitrogen and oxygen atoms in total. The molecule has 1 amide bonds. The highest BCUT2D eigenvalue weighted by Gasteiger charge is 2.11. The number of hydrogen-bond donors (Lipinski definition) is 3. The van der Waals surface area contributed by atoms with Gasteiger partial charge < -0.3 is 11.1 Å². The second-order valence-electron chi connectivity index (χ2n) is 4.43. The van der Waals surface area contributed by atoms with Crippen LogP contribution in [0.4, 0.5) is 11.4 Å².